The number of hydrogen-bond donors (Lipinski definition) is 4. The van der Waals surface area contributed by atoms with Crippen LogP contribution in [-0.4, -0.2) is 59.8 Å². The number of aromatic hydroxyl groups is 1. The molecule has 1 saturated heterocycles. The number of urea groups is 1. The van der Waals surface area contributed by atoms with Gasteiger partial charge in [-0.1, -0.05) is 12.1 Å². The van der Waals surface area contributed by atoms with Crippen LogP contribution < -0.4 is 16.4 Å². The molecule has 1 aromatic carbocycles. The van der Waals surface area contributed by atoms with E-state index in [-0.39, 0.29) is 25.3 Å². The number of rotatable bonds is 4. The van der Waals surface area contributed by atoms with Gasteiger partial charge < -0.3 is 26.4 Å². The summed E-state index contributed by atoms with van der Waals surface area (Å²) in [5.74, 6) is -0.604. The molecule has 1 aromatic rings. The van der Waals surface area contributed by atoms with E-state index in [0.29, 0.717) is 5.56 Å². The molecule has 0 aliphatic carbocycles. The van der Waals surface area contributed by atoms with Gasteiger partial charge in [0.2, 0.25) is 5.91 Å². The van der Waals surface area contributed by atoms with Crippen molar-refractivity contribution in [3.63, 3.8) is 0 Å². The van der Waals surface area contributed by atoms with Gasteiger partial charge in [-0.05, 0) is 17.7 Å². The van der Waals surface area contributed by atoms with Crippen LogP contribution in [0.1, 0.15) is 5.56 Å². The number of piperazine rings is 1. The average Bonchev–Trinajstić information content (AvgIpc) is 2.54. The summed E-state index contributed by atoms with van der Waals surface area (Å²) in [4.78, 5) is 24.8. The van der Waals surface area contributed by atoms with Crippen LogP contribution in [0.3, 0.4) is 0 Å². The quantitative estimate of drug-likeness (QED) is 0.621. The standard InChI is InChI=1S/C15H19F3N4O3/c16-15(17,18)12-8-22(6-5-20-12)13(24)11(21-14(19)25)7-9-1-3-10(23)4-2-9/h1-4,11-12,20,23H,5-8H2,(H3,19,21,25)/t11-,12?/m0/s1. The van der Waals surface area contributed by atoms with Crippen LogP contribution in [-0.2, 0) is 11.2 Å². The van der Waals surface area contributed by atoms with Gasteiger partial charge in [0.15, 0.2) is 0 Å². The van der Waals surface area contributed by atoms with Crippen LogP contribution >= 0.6 is 0 Å². The molecule has 1 aliphatic heterocycles. The third-order valence-electron chi connectivity index (χ3n) is 3.87. The number of halogens is 3. The minimum atomic E-state index is -4.47. The highest BCUT2D eigenvalue weighted by molar-refractivity contribution is 5.87. The van der Waals surface area contributed by atoms with Crippen molar-refractivity contribution in [1.82, 2.24) is 15.5 Å². The Morgan fingerprint density at radius 3 is 2.56 bits per heavy atom. The van der Waals surface area contributed by atoms with E-state index in [1.165, 1.54) is 12.1 Å². The van der Waals surface area contributed by atoms with Gasteiger partial charge in [-0.15, -0.1) is 0 Å². The van der Waals surface area contributed by atoms with E-state index in [1.807, 2.05) is 0 Å². The minimum Gasteiger partial charge on any atom is -0.508 e. The van der Waals surface area contributed by atoms with Crippen LogP contribution in [0.4, 0.5) is 18.0 Å². The third kappa shape index (κ3) is 5.24. The first-order valence-corrected chi connectivity index (χ1v) is 7.59. The molecule has 10 heteroatoms. The Kier molecular flexibility index (Phi) is 5.73. The van der Waals surface area contributed by atoms with Gasteiger partial charge in [-0.25, -0.2) is 4.79 Å². The van der Waals surface area contributed by atoms with Crippen molar-refractivity contribution < 1.29 is 27.9 Å². The second-order valence-electron chi connectivity index (χ2n) is 5.76. The number of carbonyl (C=O) groups excluding carboxylic acids is 2. The third-order valence-corrected chi connectivity index (χ3v) is 3.87. The number of carbonyl (C=O) groups is 2. The lowest BCUT2D eigenvalue weighted by molar-refractivity contribution is -0.168. The second kappa shape index (κ2) is 7.60. The van der Waals surface area contributed by atoms with E-state index < -0.39 is 36.7 Å². The highest BCUT2D eigenvalue weighted by Gasteiger charge is 2.43. The molecule has 1 aliphatic rings. The smallest absolute Gasteiger partial charge is 0.405 e. The van der Waals surface area contributed by atoms with E-state index in [9.17, 15) is 27.9 Å². The maximum Gasteiger partial charge on any atom is 0.405 e. The monoisotopic (exact) mass is 360 g/mol. The molecule has 5 N–H and O–H groups in total. The Hall–Kier alpha value is -2.49. The molecule has 1 heterocycles. The van der Waals surface area contributed by atoms with Crippen LogP contribution in [0.5, 0.6) is 5.75 Å². The van der Waals surface area contributed by atoms with Crippen molar-refractivity contribution in [2.75, 3.05) is 19.6 Å². The van der Waals surface area contributed by atoms with Gasteiger partial charge in [0.25, 0.3) is 0 Å². The lowest BCUT2D eigenvalue weighted by atomic mass is 10.0. The van der Waals surface area contributed by atoms with Gasteiger partial charge >= 0.3 is 12.2 Å². The summed E-state index contributed by atoms with van der Waals surface area (Å²) in [6.45, 7) is -0.439. The maximum atomic E-state index is 12.9. The average molecular weight is 360 g/mol. The number of phenolic OH excluding ortho intramolecular Hbond substituents is 1. The number of nitrogens with one attached hydrogen (secondary N) is 2. The lowest BCUT2D eigenvalue weighted by Crippen LogP contribution is -2.61. The molecular weight excluding hydrogens is 341 g/mol. The molecule has 3 amide bonds. The summed E-state index contributed by atoms with van der Waals surface area (Å²) in [6, 6.07) is 2.07. The van der Waals surface area contributed by atoms with Crippen molar-refractivity contribution in [1.29, 1.82) is 0 Å². The number of hydrogen-bond acceptors (Lipinski definition) is 4. The van der Waals surface area contributed by atoms with E-state index in [2.05, 4.69) is 10.6 Å². The molecule has 2 atom stereocenters. The molecule has 2 rings (SSSR count). The lowest BCUT2D eigenvalue weighted by Gasteiger charge is -2.36. The first-order valence-electron chi connectivity index (χ1n) is 7.59. The summed E-state index contributed by atoms with van der Waals surface area (Å²) in [5, 5.41) is 13.9. The predicted molar refractivity (Wildman–Crippen MR) is 82.7 cm³/mol. The molecule has 138 valence electrons. The largest absolute Gasteiger partial charge is 0.508 e. The molecule has 1 unspecified atom stereocenters. The Bertz CT molecular complexity index is 621. The number of nitrogens with two attached hydrogens (primary N) is 1. The van der Waals surface area contributed by atoms with Gasteiger partial charge in [0.1, 0.15) is 17.8 Å². The number of nitrogens with zero attached hydrogens (tertiary/aromatic N) is 1. The zero-order valence-electron chi connectivity index (χ0n) is 13.2. The Morgan fingerprint density at radius 1 is 1.36 bits per heavy atom. The topological polar surface area (TPSA) is 108 Å². The van der Waals surface area contributed by atoms with Gasteiger partial charge in [0.05, 0.1) is 0 Å². The predicted octanol–water partition coefficient (Wildman–Crippen LogP) is 0.334. The fraction of sp³-hybridized carbons (Fsp3) is 0.467. The molecule has 25 heavy (non-hydrogen) atoms. The molecule has 0 aromatic heterocycles. The zero-order valence-corrected chi connectivity index (χ0v) is 13.2. The molecule has 0 spiro atoms. The zero-order chi connectivity index (χ0) is 18.6. The number of alkyl halides is 3. The Labute approximate surface area is 142 Å². The highest BCUT2D eigenvalue weighted by atomic mass is 19.4. The first-order chi connectivity index (χ1) is 11.7. The first kappa shape index (κ1) is 18.8. The van der Waals surface area contributed by atoms with Crippen molar-refractivity contribution in [2.24, 2.45) is 5.73 Å². The van der Waals surface area contributed by atoms with Crippen molar-refractivity contribution in [2.45, 2.75) is 24.7 Å². The molecule has 7 nitrogen and oxygen atoms in total. The van der Waals surface area contributed by atoms with Crippen molar-refractivity contribution in [3.8, 4) is 5.75 Å². The van der Waals surface area contributed by atoms with Gasteiger partial charge in [-0.2, -0.15) is 13.2 Å². The number of amides is 3. The summed E-state index contributed by atoms with van der Waals surface area (Å²) in [6.07, 6.45) is -4.43. The Balaban J connectivity index is 2.11. The van der Waals surface area contributed by atoms with Crippen LogP contribution in [0.15, 0.2) is 24.3 Å². The number of phenols is 1. The van der Waals surface area contributed by atoms with Crippen LogP contribution in [0.2, 0.25) is 0 Å². The molecule has 0 saturated carbocycles. The Morgan fingerprint density at radius 2 is 2.00 bits per heavy atom. The number of benzene rings is 1. The summed E-state index contributed by atoms with van der Waals surface area (Å²) in [7, 11) is 0. The molecule has 0 bridgehead atoms. The minimum absolute atomic E-state index is 0.00157. The summed E-state index contributed by atoms with van der Waals surface area (Å²) >= 11 is 0. The molecular formula is C15H19F3N4O3. The normalized spacial score (nSPS) is 19.3. The molecule has 0 radical (unpaired) electrons. The number of primary amides is 1. The van der Waals surface area contributed by atoms with Crippen molar-refractivity contribution in [3.05, 3.63) is 29.8 Å². The van der Waals surface area contributed by atoms with Gasteiger partial charge in [-0.3, -0.25) is 4.79 Å². The fourth-order valence-corrected chi connectivity index (χ4v) is 2.63. The SMILES string of the molecule is NC(=O)N[C@@H](Cc1ccc(O)cc1)C(=O)N1CCNC(C(F)(F)F)C1. The maximum absolute atomic E-state index is 12.9. The fourth-order valence-electron chi connectivity index (χ4n) is 2.63. The summed E-state index contributed by atoms with van der Waals surface area (Å²) in [5.41, 5.74) is 5.70. The van der Waals surface area contributed by atoms with Crippen LogP contribution in [0.25, 0.3) is 0 Å². The second-order valence-corrected chi connectivity index (χ2v) is 5.76. The van der Waals surface area contributed by atoms with E-state index >= 15 is 0 Å². The summed E-state index contributed by atoms with van der Waals surface area (Å²) < 4.78 is 38.6. The van der Waals surface area contributed by atoms with Crippen molar-refractivity contribution >= 4 is 11.9 Å². The van der Waals surface area contributed by atoms with E-state index in [0.717, 1.165) is 4.90 Å². The van der Waals surface area contributed by atoms with Crippen LogP contribution in [0, 0.1) is 0 Å². The van der Waals surface area contributed by atoms with E-state index in [1.54, 1.807) is 12.1 Å². The van der Waals surface area contributed by atoms with E-state index in [4.69, 9.17) is 5.73 Å². The highest BCUT2D eigenvalue weighted by Crippen LogP contribution is 2.23. The van der Waals surface area contributed by atoms with Gasteiger partial charge in [0, 0.05) is 26.1 Å². The molecule has 1 fully saturated rings.